The van der Waals surface area contributed by atoms with Crippen LogP contribution >= 0.6 is 11.8 Å². The number of hydrogen-bond acceptors (Lipinski definition) is 1. The lowest BCUT2D eigenvalue weighted by molar-refractivity contribution is 1.09. The minimum atomic E-state index is -1.48. The quantitative estimate of drug-likeness (QED) is 0.752. The predicted molar refractivity (Wildman–Crippen MR) is 93.6 cm³/mol. The minimum Gasteiger partial charge on any atom is -0.161 e. The Balaban J connectivity index is 1.96. The van der Waals surface area contributed by atoms with Gasteiger partial charge in [-0.2, -0.15) is 11.8 Å². The molecule has 0 aromatic heterocycles. The van der Waals surface area contributed by atoms with Crippen LogP contribution in [-0.4, -0.2) is 18.7 Å². The summed E-state index contributed by atoms with van der Waals surface area (Å²) in [6, 6.07) is 22.3. The van der Waals surface area contributed by atoms with E-state index in [4.69, 9.17) is 0 Å². The van der Waals surface area contributed by atoms with E-state index in [9.17, 15) is 0 Å². The van der Waals surface area contributed by atoms with Crippen LogP contribution < -0.4 is 5.19 Å². The van der Waals surface area contributed by atoms with Gasteiger partial charge < -0.3 is 0 Å². The Labute approximate surface area is 127 Å². The Bertz CT molecular complexity index is 579. The van der Waals surface area contributed by atoms with E-state index in [1.165, 1.54) is 12.0 Å². The topological polar surface area (TPSA) is 0 Å². The van der Waals surface area contributed by atoms with Crippen LogP contribution in [0.1, 0.15) is 17.9 Å². The largest absolute Gasteiger partial charge is 0.161 e. The molecule has 0 amide bonds. The Morgan fingerprint density at radius 1 is 0.950 bits per heavy atom. The van der Waals surface area contributed by atoms with Crippen LogP contribution in [0.4, 0.5) is 0 Å². The van der Waals surface area contributed by atoms with Crippen molar-refractivity contribution in [1.29, 1.82) is 0 Å². The van der Waals surface area contributed by atoms with Crippen molar-refractivity contribution in [3.05, 3.63) is 66.2 Å². The van der Waals surface area contributed by atoms with Gasteiger partial charge in [-0.1, -0.05) is 78.9 Å². The molecule has 0 N–H and O–H groups in total. The van der Waals surface area contributed by atoms with Crippen LogP contribution in [0.25, 0.3) is 0 Å². The first kappa shape index (κ1) is 14.0. The third kappa shape index (κ3) is 2.06. The van der Waals surface area contributed by atoms with Crippen LogP contribution in [0.5, 0.6) is 0 Å². The Morgan fingerprint density at radius 3 is 2.05 bits per heavy atom. The lowest BCUT2D eigenvalue weighted by Gasteiger charge is -2.33. The van der Waals surface area contributed by atoms with Gasteiger partial charge in [0.1, 0.15) is 0 Å². The molecule has 3 rings (SSSR count). The van der Waals surface area contributed by atoms with E-state index in [-0.39, 0.29) is 0 Å². The highest BCUT2D eigenvalue weighted by atomic mass is 32.2. The van der Waals surface area contributed by atoms with Gasteiger partial charge >= 0.3 is 0 Å². The second kappa shape index (κ2) is 5.08. The molecule has 0 unspecified atom stereocenters. The van der Waals surface area contributed by atoms with E-state index in [0.29, 0.717) is 4.37 Å². The molecule has 0 heterocycles. The summed E-state index contributed by atoms with van der Waals surface area (Å²) in [4.78, 5) is 0. The van der Waals surface area contributed by atoms with Crippen molar-refractivity contribution in [2.45, 2.75) is 29.8 Å². The maximum absolute atomic E-state index is 2.54. The van der Waals surface area contributed by atoms with Crippen molar-refractivity contribution >= 4 is 25.0 Å². The van der Waals surface area contributed by atoms with Gasteiger partial charge in [0.2, 0.25) is 0 Å². The summed E-state index contributed by atoms with van der Waals surface area (Å²) >= 11 is 2.10. The van der Waals surface area contributed by atoms with Gasteiger partial charge in [0.15, 0.2) is 0 Å². The number of thioether (sulfide) groups is 1. The standard InChI is InChI=1S/C18H22SSi/c1-19-18(14-17(18)15-10-6-4-7-11-15)20(2,3)16-12-8-5-9-13-16/h4-13,17H,14H2,1-3H3/t17-,18+/m1/s1. The normalized spacial score (nSPS) is 25.4. The van der Waals surface area contributed by atoms with Crippen LogP contribution in [0.3, 0.4) is 0 Å². The average Bonchev–Trinajstić information content (AvgIpc) is 3.26. The van der Waals surface area contributed by atoms with E-state index in [1.807, 2.05) is 0 Å². The van der Waals surface area contributed by atoms with Gasteiger partial charge in [0, 0.05) is 4.37 Å². The summed E-state index contributed by atoms with van der Waals surface area (Å²) in [6.07, 6.45) is 3.65. The molecule has 0 bridgehead atoms. The third-order valence-corrected chi connectivity index (χ3v) is 12.8. The van der Waals surface area contributed by atoms with E-state index in [0.717, 1.165) is 5.92 Å². The number of benzene rings is 2. The monoisotopic (exact) mass is 298 g/mol. The molecule has 2 heteroatoms. The Kier molecular flexibility index (Phi) is 3.55. The molecule has 0 radical (unpaired) electrons. The summed E-state index contributed by atoms with van der Waals surface area (Å²) in [5, 5.41) is 1.59. The molecule has 0 spiro atoms. The fourth-order valence-electron chi connectivity index (χ4n) is 3.59. The number of hydrogen-bond donors (Lipinski definition) is 0. The smallest absolute Gasteiger partial charge is 0.0983 e. The second-order valence-electron chi connectivity index (χ2n) is 6.25. The first-order valence-corrected chi connectivity index (χ1v) is 11.5. The van der Waals surface area contributed by atoms with Gasteiger partial charge in [0.05, 0.1) is 8.07 Å². The zero-order chi connectivity index (χ0) is 14.2. The van der Waals surface area contributed by atoms with E-state index in [1.54, 1.807) is 5.19 Å². The van der Waals surface area contributed by atoms with Gasteiger partial charge in [0.25, 0.3) is 0 Å². The van der Waals surface area contributed by atoms with Crippen molar-refractivity contribution < 1.29 is 0 Å². The lowest BCUT2D eigenvalue weighted by Crippen LogP contribution is -2.53. The minimum absolute atomic E-state index is 0.468. The molecule has 0 aliphatic heterocycles. The molecular weight excluding hydrogens is 276 g/mol. The highest BCUT2D eigenvalue weighted by Gasteiger charge is 2.64. The van der Waals surface area contributed by atoms with E-state index < -0.39 is 8.07 Å². The van der Waals surface area contributed by atoms with Crippen molar-refractivity contribution in [1.82, 2.24) is 0 Å². The van der Waals surface area contributed by atoms with Gasteiger partial charge in [-0.25, -0.2) is 0 Å². The molecule has 2 aromatic carbocycles. The Morgan fingerprint density at radius 2 is 1.50 bits per heavy atom. The van der Waals surface area contributed by atoms with Crippen molar-refractivity contribution in [3.63, 3.8) is 0 Å². The molecule has 104 valence electrons. The fourth-order valence-corrected chi connectivity index (χ4v) is 10.0. The SMILES string of the molecule is CS[C@]1([Si](C)(C)c2ccccc2)C[C@@H]1c1ccccc1. The molecule has 2 atom stereocenters. The average molecular weight is 299 g/mol. The molecule has 1 fully saturated rings. The summed E-state index contributed by atoms with van der Waals surface area (Å²) in [6.45, 7) is 5.09. The molecule has 0 saturated heterocycles. The van der Waals surface area contributed by atoms with Gasteiger partial charge in [-0.05, 0) is 24.2 Å². The highest BCUT2D eigenvalue weighted by molar-refractivity contribution is 8.02. The molecule has 20 heavy (non-hydrogen) atoms. The van der Waals surface area contributed by atoms with Crippen molar-refractivity contribution in [2.75, 3.05) is 6.26 Å². The predicted octanol–water partition coefficient (Wildman–Crippen LogP) is 4.43. The Hall–Kier alpha value is -0.993. The molecule has 2 aromatic rings. The lowest BCUT2D eigenvalue weighted by atomic mass is 10.1. The highest BCUT2D eigenvalue weighted by Crippen LogP contribution is 2.63. The van der Waals surface area contributed by atoms with E-state index in [2.05, 4.69) is 91.8 Å². The third-order valence-electron chi connectivity index (χ3n) is 5.03. The maximum atomic E-state index is 2.54. The summed E-state index contributed by atoms with van der Waals surface area (Å²) in [5.74, 6) is 0.737. The molecule has 0 nitrogen and oxygen atoms in total. The molecular formula is C18H22SSi. The van der Waals surface area contributed by atoms with Crippen LogP contribution in [0, 0.1) is 0 Å². The fraction of sp³-hybridized carbons (Fsp3) is 0.333. The van der Waals surface area contributed by atoms with E-state index >= 15 is 0 Å². The number of rotatable bonds is 4. The summed E-state index contributed by atoms with van der Waals surface area (Å²) < 4.78 is 0.468. The first-order valence-electron chi connectivity index (χ1n) is 7.27. The van der Waals surface area contributed by atoms with Gasteiger partial charge in [-0.3, -0.25) is 0 Å². The summed E-state index contributed by atoms with van der Waals surface area (Å²) in [7, 11) is -1.48. The molecule has 1 saturated carbocycles. The summed E-state index contributed by atoms with van der Waals surface area (Å²) in [5.41, 5.74) is 1.53. The second-order valence-corrected chi connectivity index (χ2v) is 12.5. The molecule has 1 aliphatic carbocycles. The molecule has 1 aliphatic rings. The van der Waals surface area contributed by atoms with Crippen molar-refractivity contribution in [2.24, 2.45) is 0 Å². The van der Waals surface area contributed by atoms with Crippen LogP contribution in [0.15, 0.2) is 60.7 Å². The van der Waals surface area contributed by atoms with Gasteiger partial charge in [-0.15, -0.1) is 0 Å². The maximum Gasteiger partial charge on any atom is 0.0983 e. The van der Waals surface area contributed by atoms with Crippen molar-refractivity contribution in [3.8, 4) is 0 Å². The van der Waals surface area contributed by atoms with Crippen LogP contribution in [0.2, 0.25) is 13.1 Å². The van der Waals surface area contributed by atoms with Crippen LogP contribution in [-0.2, 0) is 0 Å². The zero-order valence-corrected chi connectivity index (χ0v) is 14.3. The first-order chi connectivity index (χ1) is 9.62. The zero-order valence-electron chi connectivity index (χ0n) is 12.5.